The van der Waals surface area contributed by atoms with Crippen molar-refractivity contribution < 1.29 is 4.74 Å². The van der Waals surface area contributed by atoms with E-state index in [1.54, 1.807) is 0 Å². The lowest BCUT2D eigenvalue weighted by molar-refractivity contribution is 0.00277. The molecule has 0 aromatic carbocycles. The van der Waals surface area contributed by atoms with E-state index in [1.165, 1.54) is 44.3 Å². The molecule has 2 rings (SSSR count). The third-order valence-electron chi connectivity index (χ3n) is 4.64. The molecular formula is C14H27NOS. The summed E-state index contributed by atoms with van der Waals surface area (Å²) >= 11 is 1.95. The van der Waals surface area contributed by atoms with Crippen LogP contribution in [0, 0.1) is 5.41 Å². The Kier molecular flexibility index (Phi) is 5.19. The molecular weight excluding hydrogens is 230 g/mol. The van der Waals surface area contributed by atoms with E-state index in [4.69, 9.17) is 4.74 Å². The third kappa shape index (κ3) is 3.39. The predicted octanol–water partition coefficient (Wildman–Crippen LogP) is 3.07. The molecule has 2 unspecified atom stereocenters. The van der Waals surface area contributed by atoms with Crippen LogP contribution in [0.2, 0.25) is 0 Å². The summed E-state index contributed by atoms with van der Waals surface area (Å²) in [5, 5.41) is 3.91. The first-order valence-corrected chi connectivity index (χ1v) is 8.49. The van der Waals surface area contributed by atoms with E-state index in [2.05, 4.69) is 18.5 Å². The Balaban J connectivity index is 1.86. The van der Waals surface area contributed by atoms with Crippen molar-refractivity contribution in [3.63, 3.8) is 0 Å². The standard InChI is InChI=1S/C14H27NOS/c1-12(5-11-17-2)15-13-4-3-6-14(13)7-9-16-10-8-14/h12-13,15H,3-11H2,1-2H3. The van der Waals surface area contributed by atoms with E-state index >= 15 is 0 Å². The molecule has 2 nitrogen and oxygen atoms in total. The van der Waals surface area contributed by atoms with Crippen molar-refractivity contribution in [3.05, 3.63) is 0 Å². The zero-order valence-electron chi connectivity index (χ0n) is 11.3. The van der Waals surface area contributed by atoms with Gasteiger partial charge in [-0.3, -0.25) is 0 Å². The van der Waals surface area contributed by atoms with Crippen LogP contribution in [0.15, 0.2) is 0 Å². The smallest absolute Gasteiger partial charge is 0.0471 e. The molecule has 1 heterocycles. The van der Waals surface area contributed by atoms with E-state index in [-0.39, 0.29) is 0 Å². The van der Waals surface area contributed by atoms with Gasteiger partial charge in [0, 0.05) is 25.3 Å². The molecule has 1 aliphatic heterocycles. The molecule has 0 amide bonds. The first-order chi connectivity index (χ1) is 8.27. The van der Waals surface area contributed by atoms with Crippen LogP contribution in [0.3, 0.4) is 0 Å². The van der Waals surface area contributed by atoms with E-state index in [9.17, 15) is 0 Å². The highest BCUT2D eigenvalue weighted by Crippen LogP contribution is 2.46. The highest BCUT2D eigenvalue weighted by Gasteiger charge is 2.43. The van der Waals surface area contributed by atoms with Gasteiger partial charge in [0.15, 0.2) is 0 Å². The second-order valence-corrected chi connectivity index (χ2v) is 6.75. The summed E-state index contributed by atoms with van der Waals surface area (Å²) in [6.07, 6.45) is 10.3. The molecule has 0 bridgehead atoms. The maximum Gasteiger partial charge on any atom is 0.0471 e. The summed E-state index contributed by atoms with van der Waals surface area (Å²) in [7, 11) is 0. The van der Waals surface area contributed by atoms with Gasteiger partial charge in [0.25, 0.3) is 0 Å². The van der Waals surface area contributed by atoms with Crippen LogP contribution in [0.5, 0.6) is 0 Å². The minimum Gasteiger partial charge on any atom is -0.381 e. The fourth-order valence-electron chi connectivity index (χ4n) is 3.50. The van der Waals surface area contributed by atoms with Gasteiger partial charge in [-0.2, -0.15) is 11.8 Å². The van der Waals surface area contributed by atoms with Gasteiger partial charge in [-0.05, 0) is 56.5 Å². The number of hydrogen-bond acceptors (Lipinski definition) is 3. The predicted molar refractivity (Wildman–Crippen MR) is 75.7 cm³/mol. The fourth-order valence-corrected chi connectivity index (χ4v) is 4.09. The molecule has 100 valence electrons. The number of hydrogen-bond donors (Lipinski definition) is 1. The Morgan fingerprint density at radius 2 is 2.12 bits per heavy atom. The van der Waals surface area contributed by atoms with Gasteiger partial charge in [0.2, 0.25) is 0 Å². The summed E-state index contributed by atoms with van der Waals surface area (Å²) in [5.41, 5.74) is 0.575. The summed E-state index contributed by atoms with van der Waals surface area (Å²) in [5.74, 6) is 1.27. The quantitative estimate of drug-likeness (QED) is 0.818. The van der Waals surface area contributed by atoms with Crippen LogP contribution in [0.25, 0.3) is 0 Å². The lowest BCUT2D eigenvalue weighted by Crippen LogP contribution is -2.48. The zero-order valence-corrected chi connectivity index (χ0v) is 12.2. The SMILES string of the molecule is CSCCC(C)NC1CCCC12CCOCC2. The van der Waals surface area contributed by atoms with E-state index < -0.39 is 0 Å². The zero-order chi connectivity index (χ0) is 12.1. The Morgan fingerprint density at radius 1 is 1.35 bits per heavy atom. The molecule has 3 heteroatoms. The average molecular weight is 257 g/mol. The normalized spacial score (nSPS) is 29.6. The van der Waals surface area contributed by atoms with Crippen molar-refractivity contribution in [2.45, 2.75) is 57.5 Å². The molecule has 0 aromatic rings. The summed E-state index contributed by atoms with van der Waals surface area (Å²) in [6, 6.07) is 1.42. The molecule has 0 radical (unpaired) electrons. The van der Waals surface area contributed by atoms with E-state index in [1.807, 2.05) is 11.8 Å². The fraction of sp³-hybridized carbons (Fsp3) is 1.00. The maximum absolute atomic E-state index is 5.54. The number of ether oxygens (including phenoxy) is 1. The first-order valence-electron chi connectivity index (χ1n) is 7.09. The van der Waals surface area contributed by atoms with Crippen molar-refractivity contribution >= 4 is 11.8 Å². The molecule has 1 saturated carbocycles. The van der Waals surface area contributed by atoms with Gasteiger partial charge in [-0.25, -0.2) is 0 Å². The van der Waals surface area contributed by atoms with Crippen LogP contribution < -0.4 is 5.32 Å². The van der Waals surface area contributed by atoms with Crippen LogP contribution >= 0.6 is 11.8 Å². The molecule has 17 heavy (non-hydrogen) atoms. The van der Waals surface area contributed by atoms with Gasteiger partial charge in [-0.15, -0.1) is 0 Å². The molecule has 2 fully saturated rings. The van der Waals surface area contributed by atoms with Crippen molar-refractivity contribution in [2.24, 2.45) is 5.41 Å². The first kappa shape index (κ1) is 13.7. The molecule has 1 N–H and O–H groups in total. The molecule has 1 saturated heterocycles. The molecule has 1 aliphatic carbocycles. The second-order valence-electron chi connectivity index (χ2n) is 5.77. The molecule has 1 spiro atoms. The lowest BCUT2D eigenvalue weighted by Gasteiger charge is -2.40. The number of nitrogens with one attached hydrogen (secondary N) is 1. The van der Waals surface area contributed by atoms with Crippen molar-refractivity contribution in [2.75, 3.05) is 25.2 Å². The highest BCUT2D eigenvalue weighted by atomic mass is 32.2. The summed E-state index contributed by atoms with van der Waals surface area (Å²) in [6.45, 7) is 4.32. The van der Waals surface area contributed by atoms with Gasteiger partial charge in [0.05, 0.1) is 0 Å². The Morgan fingerprint density at radius 3 is 2.82 bits per heavy atom. The van der Waals surface area contributed by atoms with Crippen LogP contribution in [0.4, 0.5) is 0 Å². The van der Waals surface area contributed by atoms with Gasteiger partial charge in [-0.1, -0.05) is 6.42 Å². The maximum atomic E-state index is 5.54. The van der Waals surface area contributed by atoms with Gasteiger partial charge in [0.1, 0.15) is 0 Å². The molecule has 2 atom stereocenters. The van der Waals surface area contributed by atoms with Crippen molar-refractivity contribution in [1.29, 1.82) is 0 Å². The van der Waals surface area contributed by atoms with Gasteiger partial charge >= 0.3 is 0 Å². The average Bonchev–Trinajstić information content (AvgIpc) is 2.70. The molecule has 2 aliphatic rings. The summed E-state index contributed by atoms with van der Waals surface area (Å²) < 4.78 is 5.54. The molecule has 0 aromatic heterocycles. The highest BCUT2D eigenvalue weighted by molar-refractivity contribution is 7.98. The minimum atomic E-state index is 0.575. The second kappa shape index (κ2) is 6.44. The van der Waals surface area contributed by atoms with Crippen LogP contribution in [-0.2, 0) is 4.74 Å². The summed E-state index contributed by atoms with van der Waals surface area (Å²) in [4.78, 5) is 0. The third-order valence-corrected chi connectivity index (χ3v) is 5.28. The van der Waals surface area contributed by atoms with Crippen LogP contribution in [-0.4, -0.2) is 37.3 Å². The lowest BCUT2D eigenvalue weighted by atomic mass is 9.75. The number of thioether (sulfide) groups is 1. The van der Waals surface area contributed by atoms with Crippen molar-refractivity contribution in [1.82, 2.24) is 5.32 Å². The Hall–Kier alpha value is 0.270. The van der Waals surface area contributed by atoms with Crippen molar-refractivity contribution in [3.8, 4) is 0 Å². The number of rotatable bonds is 5. The van der Waals surface area contributed by atoms with Gasteiger partial charge < -0.3 is 10.1 Å². The van der Waals surface area contributed by atoms with Crippen LogP contribution in [0.1, 0.15) is 45.4 Å². The topological polar surface area (TPSA) is 21.3 Å². The largest absolute Gasteiger partial charge is 0.381 e. The van der Waals surface area contributed by atoms with E-state index in [0.29, 0.717) is 11.5 Å². The Labute approximate surface area is 110 Å². The minimum absolute atomic E-state index is 0.575. The Bertz CT molecular complexity index is 228. The monoisotopic (exact) mass is 257 g/mol. The van der Waals surface area contributed by atoms with E-state index in [0.717, 1.165) is 19.3 Å².